The van der Waals surface area contributed by atoms with Crippen molar-refractivity contribution in [2.45, 2.75) is 24.6 Å². The van der Waals surface area contributed by atoms with Gasteiger partial charge in [-0.15, -0.1) is 10.2 Å². The lowest BCUT2D eigenvalue weighted by molar-refractivity contribution is -0.351. The molecule has 0 aliphatic rings. The number of nitrogens with one attached hydrogen (secondary N) is 1. The average molecular weight is 661 g/mol. The molecule has 1 aromatic carbocycles. The van der Waals surface area contributed by atoms with Crippen molar-refractivity contribution in [2.75, 3.05) is 5.32 Å². The highest BCUT2D eigenvalue weighted by Gasteiger charge is 2.76. The number of tetrazole rings is 1. The normalized spacial score (nSPS) is 12.4. The topological polar surface area (TPSA) is 146 Å². The van der Waals surface area contributed by atoms with Crippen LogP contribution in [0.25, 0.3) is 5.82 Å². The Morgan fingerprint density at radius 2 is 1.62 bits per heavy atom. The largest absolute Gasteiger partial charge is 0.439 e. The van der Waals surface area contributed by atoms with Gasteiger partial charge in [-0.2, -0.15) is 36.2 Å². The second kappa shape index (κ2) is 11.0. The van der Waals surface area contributed by atoms with E-state index >= 15 is 0 Å². The first-order valence-electron chi connectivity index (χ1n) is 10.8. The minimum absolute atomic E-state index is 0.0208. The molecule has 3 heterocycles. The van der Waals surface area contributed by atoms with E-state index in [-0.39, 0.29) is 48.3 Å². The SMILES string of the molecule is NC(=O)c1cc(Cl)cc(Cl)c1NC(=O)c1cc(Cn2nnc(C(F)(C(F)(F)F)C(F)(F)F)n2)nn1-c1ncccc1Cl. The molecule has 4 rings (SSSR count). The average Bonchev–Trinajstić information content (AvgIpc) is 3.51. The number of nitrogens with zero attached hydrogens (tertiary/aromatic N) is 7. The molecule has 0 radical (unpaired) electrons. The van der Waals surface area contributed by atoms with Gasteiger partial charge in [0.1, 0.15) is 12.2 Å². The summed E-state index contributed by atoms with van der Waals surface area (Å²) >= 11 is 18.2. The van der Waals surface area contributed by atoms with Gasteiger partial charge in [-0.05, 0) is 35.5 Å². The van der Waals surface area contributed by atoms with Gasteiger partial charge < -0.3 is 11.1 Å². The second-order valence-corrected chi connectivity index (χ2v) is 9.42. The summed E-state index contributed by atoms with van der Waals surface area (Å²) in [6, 6.07) is 6.14. The Bertz CT molecular complexity index is 1670. The number of carbonyl (C=O) groups is 2. The number of pyridine rings is 1. The van der Waals surface area contributed by atoms with E-state index < -0.39 is 42.2 Å². The zero-order valence-electron chi connectivity index (χ0n) is 20.0. The summed E-state index contributed by atoms with van der Waals surface area (Å²) in [7, 11) is 0. The fourth-order valence-electron chi connectivity index (χ4n) is 3.44. The molecule has 0 unspecified atom stereocenters. The van der Waals surface area contributed by atoms with Crippen molar-refractivity contribution in [1.82, 2.24) is 35.0 Å². The van der Waals surface area contributed by atoms with E-state index in [0.29, 0.717) is 0 Å². The predicted molar refractivity (Wildman–Crippen MR) is 131 cm³/mol. The Morgan fingerprint density at radius 3 is 2.21 bits per heavy atom. The lowest BCUT2D eigenvalue weighted by atomic mass is 10.1. The molecule has 42 heavy (non-hydrogen) atoms. The molecule has 0 atom stereocenters. The Balaban J connectivity index is 1.76. The summed E-state index contributed by atoms with van der Waals surface area (Å²) in [6.45, 7) is -0.801. The Kier molecular flexibility index (Phi) is 8.09. The molecular formula is C21H11Cl3F7N9O2. The molecule has 2 amide bonds. The van der Waals surface area contributed by atoms with Crippen LogP contribution in [-0.4, -0.2) is 59.1 Å². The lowest BCUT2D eigenvalue weighted by Gasteiger charge is -2.26. The Labute approximate surface area is 243 Å². The standard InChI is InChI=1S/C21H11Cl3F7N9O2/c22-8-4-10(15(32)41)14(12(24)5-8)34-17(42)13-6-9(36-40(13)16-11(23)2-1-3-33-16)7-39-37-18(35-38-39)19(25,20(26,27)28)21(29,30)31/h1-6H,7H2,(H2,32,41)(H,34,42). The van der Waals surface area contributed by atoms with Gasteiger partial charge in [-0.1, -0.05) is 34.8 Å². The number of alkyl halides is 7. The van der Waals surface area contributed by atoms with Crippen molar-refractivity contribution in [3.8, 4) is 5.82 Å². The fraction of sp³-hybridized carbons (Fsp3) is 0.190. The molecule has 3 aromatic heterocycles. The zero-order chi connectivity index (χ0) is 31.2. The highest BCUT2D eigenvalue weighted by Crippen LogP contribution is 2.51. The monoisotopic (exact) mass is 659 g/mol. The first-order valence-corrected chi connectivity index (χ1v) is 12.0. The van der Waals surface area contributed by atoms with Gasteiger partial charge in [0, 0.05) is 11.2 Å². The molecular weight excluding hydrogens is 650 g/mol. The predicted octanol–water partition coefficient (Wildman–Crippen LogP) is 4.90. The Hall–Kier alpha value is -4.03. The van der Waals surface area contributed by atoms with Crippen molar-refractivity contribution in [3.05, 3.63) is 74.4 Å². The number of nitrogens with two attached hydrogens (primary N) is 1. The molecule has 0 fully saturated rings. The minimum Gasteiger partial charge on any atom is -0.366 e. The van der Waals surface area contributed by atoms with E-state index in [0.717, 1.165) is 16.8 Å². The number of rotatable bonds is 7. The van der Waals surface area contributed by atoms with Crippen LogP contribution in [0.4, 0.5) is 36.4 Å². The smallest absolute Gasteiger partial charge is 0.366 e. The summed E-state index contributed by atoms with van der Waals surface area (Å²) in [5.41, 5.74) is -1.73. The van der Waals surface area contributed by atoms with Crippen LogP contribution in [0.1, 0.15) is 32.4 Å². The second-order valence-electron chi connectivity index (χ2n) is 8.17. The lowest BCUT2D eigenvalue weighted by Crippen LogP contribution is -2.51. The van der Waals surface area contributed by atoms with E-state index in [2.05, 4.69) is 30.8 Å². The summed E-state index contributed by atoms with van der Waals surface area (Å²) in [6.07, 6.45) is -11.7. The number of anilines is 1. The first-order chi connectivity index (χ1) is 19.4. The summed E-state index contributed by atoms with van der Waals surface area (Å²) < 4.78 is 93.6. The van der Waals surface area contributed by atoms with E-state index in [1.54, 1.807) is 0 Å². The van der Waals surface area contributed by atoms with E-state index in [1.165, 1.54) is 24.4 Å². The number of benzene rings is 1. The molecule has 11 nitrogen and oxygen atoms in total. The Morgan fingerprint density at radius 1 is 0.952 bits per heavy atom. The van der Waals surface area contributed by atoms with Crippen LogP contribution >= 0.6 is 34.8 Å². The number of aromatic nitrogens is 7. The van der Waals surface area contributed by atoms with E-state index in [9.17, 15) is 40.3 Å². The van der Waals surface area contributed by atoms with Gasteiger partial charge in [0.2, 0.25) is 5.82 Å². The maximum absolute atomic E-state index is 14.3. The highest BCUT2D eigenvalue weighted by molar-refractivity contribution is 6.38. The van der Waals surface area contributed by atoms with Gasteiger partial charge >= 0.3 is 18.0 Å². The molecule has 0 saturated heterocycles. The maximum atomic E-state index is 14.3. The van der Waals surface area contributed by atoms with Crippen molar-refractivity contribution in [3.63, 3.8) is 0 Å². The van der Waals surface area contributed by atoms with Crippen LogP contribution in [0.15, 0.2) is 36.5 Å². The van der Waals surface area contributed by atoms with Crippen LogP contribution in [0, 0.1) is 0 Å². The summed E-state index contributed by atoms with van der Waals surface area (Å²) in [5, 5.41) is 14.8. The number of carbonyl (C=O) groups excluding carboxylic acids is 2. The molecule has 4 aromatic rings. The third kappa shape index (κ3) is 5.68. The van der Waals surface area contributed by atoms with Crippen LogP contribution in [0.2, 0.25) is 15.1 Å². The minimum atomic E-state index is -6.46. The van der Waals surface area contributed by atoms with Crippen molar-refractivity contribution in [1.29, 1.82) is 0 Å². The van der Waals surface area contributed by atoms with Crippen molar-refractivity contribution in [2.24, 2.45) is 5.73 Å². The molecule has 0 saturated carbocycles. The zero-order valence-corrected chi connectivity index (χ0v) is 22.2. The van der Waals surface area contributed by atoms with Crippen LogP contribution < -0.4 is 11.1 Å². The van der Waals surface area contributed by atoms with Crippen LogP contribution in [0.3, 0.4) is 0 Å². The number of hydrogen-bond donors (Lipinski definition) is 2. The van der Waals surface area contributed by atoms with Crippen molar-refractivity contribution < 1.29 is 40.3 Å². The van der Waals surface area contributed by atoms with E-state index in [1.807, 2.05) is 0 Å². The van der Waals surface area contributed by atoms with Crippen molar-refractivity contribution >= 4 is 52.3 Å². The van der Waals surface area contributed by atoms with E-state index in [4.69, 9.17) is 40.5 Å². The van der Waals surface area contributed by atoms with Gasteiger partial charge in [0.25, 0.3) is 11.8 Å². The molecule has 21 heteroatoms. The van der Waals surface area contributed by atoms with Gasteiger partial charge in [-0.25, -0.2) is 14.1 Å². The third-order valence-corrected chi connectivity index (χ3v) is 6.15. The van der Waals surface area contributed by atoms with Crippen LogP contribution in [0.5, 0.6) is 0 Å². The number of halogens is 10. The highest BCUT2D eigenvalue weighted by atomic mass is 35.5. The number of hydrogen-bond acceptors (Lipinski definition) is 7. The molecule has 3 N–H and O–H groups in total. The van der Waals surface area contributed by atoms with Crippen LogP contribution in [-0.2, 0) is 12.2 Å². The first kappa shape index (κ1) is 30.9. The molecule has 0 aliphatic carbocycles. The van der Waals surface area contributed by atoms with Gasteiger partial charge in [-0.3, -0.25) is 9.59 Å². The molecule has 0 bridgehead atoms. The quantitative estimate of drug-likeness (QED) is 0.268. The third-order valence-electron chi connectivity index (χ3n) is 5.34. The molecule has 0 spiro atoms. The number of primary amides is 1. The van der Waals surface area contributed by atoms with Gasteiger partial charge in [0.05, 0.1) is 27.0 Å². The maximum Gasteiger partial charge on any atom is 0.439 e. The number of amides is 2. The molecule has 0 aliphatic heterocycles. The summed E-state index contributed by atoms with van der Waals surface area (Å²) in [4.78, 5) is 29.4. The molecule has 222 valence electrons. The fourth-order valence-corrected chi connectivity index (χ4v) is 4.19. The summed E-state index contributed by atoms with van der Waals surface area (Å²) in [5.74, 6) is -4.47. The van der Waals surface area contributed by atoms with Gasteiger partial charge in [0.15, 0.2) is 5.82 Å².